The van der Waals surface area contributed by atoms with E-state index in [9.17, 15) is 4.79 Å². The lowest BCUT2D eigenvalue weighted by molar-refractivity contribution is -0.143. The molecule has 2 N–H and O–H groups in total. The van der Waals surface area contributed by atoms with Crippen LogP contribution >= 0.6 is 11.6 Å². The van der Waals surface area contributed by atoms with Gasteiger partial charge in [-0.15, -0.1) is 0 Å². The molecule has 0 unspecified atom stereocenters. The zero-order valence-electron chi connectivity index (χ0n) is 8.44. The number of carbonyl (C=O) groups is 1. The molecule has 0 fully saturated rings. The van der Waals surface area contributed by atoms with Gasteiger partial charge in [0.2, 0.25) is 0 Å². The number of nitrogens with zero attached hydrogens (tertiary/aromatic N) is 1. The fourth-order valence-corrected chi connectivity index (χ4v) is 1.24. The number of rotatable bonds is 4. The van der Waals surface area contributed by atoms with E-state index < -0.39 is 6.04 Å². The molecule has 0 aromatic carbocycles. The summed E-state index contributed by atoms with van der Waals surface area (Å²) in [5.41, 5.74) is 6.56. The van der Waals surface area contributed by atoms with Gasteiger partial charge in [0.1, 0.15) is 5.15 Å². The normalized spacial score (nSPS) is 12.2. The Morgan fingerprint density at radius 1 is 1.67 bits per heavy atom. The zero-order chi connectivity index (χ0) is 11.3. The van der Waals surface area contributed by atoms with E-state index in [0.717, 1.165) is 5.56 Å². The number of hydrogen-bond donors (Lipinski definition) is 1. The summed E-state index contributed by atoms with van der Waals surface area (Å²) in [4.78, 5) is 15.0. The van der Waals surface area contributed by atoms with Crippen LogP contribution in [0.5, 0.6) is 0 Å². The van der Waals surface area contributed by atoms with Gasteiger partial charge in [-0.05, 0) is 18.6 Å². The Bertz CT molecular complexity index is 327. The highest BCUT2D eigenvalue weighted by atomic mass is 35.5. The number of esters is 1. The van der Waals surface area contributed by atoms with Crippen molar-refractivity contribution in [2.24, 2.45) is 5.73 Å². The summed E-state index contributed by atoms with van der Waals surface area (Å²) < 4.78 is 4.79. The van der Waals surface area contributed by atoms with Crippen molar-refractivity contribution >= 4 is 17.6 Å². The lowest BCUT2D eigenvalue weighted by Crippen LogP contribution is -2.17. The van der Waals surface area contributed by atoms with Gasteiger partial charge in [-0.3, -0.25) is 4.79 Å². The maximum atomic E-state index is 11.1. The number of aromatic nitrogens is 1. The van der Waals surface area contributed by atoms with Crippen molar-refractivity contribution in [3.63, 3.8) is 0 Å². The van der Waals surface area contributed by atoms with Crippen LogP contribution in [0.4, 0.5) is 0 Å². The Labute approximate surface area is 93.4 Å². The molecule has 0 amide bonds. The van der Waals surface area contributed by atoms with Crippen LogP contribution in [0.3, 0.4) is 0 Å². The van der Waals surface area contributed by atoms with Gasteiger partial charge in [-0.1, -0.05) is 17.7 Å². The van der Waals surface area contributed by atoms with Crippen LogP contribution < -0.4 is 5.73 Å². The van der Waals surface area contributed by atoms with Gasteiger partial charge in [0.15, 0.2) is 0 Å². The van der Waals surface area contributed by atoms with E-state index in [0.29, 0.717) is 11.8 Å². The Kier molecular flexibility index (Phi) is 4.52. The second kappa shape index (κ2) is 5.68. The summed E-state index contributed by atoms with van der Waals surface area (Å²) in [5.74, 6) is -0.306. The molecule has 0 aliphatic heterocycles. The second-order valence-electron chi connectivity index (χ2n) is 3.03. The van der Waals surface area contributed by atoms with E-state index in [2.05, 4.69) is 4.98 Å². The topological polar surface area (TPSA) is 65.2 Å². The molecule has 15 heavy (non-hydrogen) atoms. The average Bonchev–Trinajstić information content (AvgIpc) is 2.18. The number of carbonyl (C=O) groups excluding carboxylic acids is 1. The van der Waals surface area contributed by atoms with Crippen LogP contribution in [0, 0.1) is 0 Å². The van der Waals surface area contributed by atoms with Crippen LogP contribution in [0.2, 0.25) is 5.15 Å². The molecule has 0 spiro atoms. The van der Waals surface area contributed by atoms with Crippen molar-refractivity contribution in [2.75, 3.05) is 6.61 Å². The summed E-state index contributed by atoms with van der Waals surface area (Å²) in [7, 11) is 0. The average molecular weight is 229 g/mol. The summed E-state index contributed by atoms with van der Waals surface area (Å²) in [6, 6.07) is 3.00. The molecular weight excluding hydrogens is 216 g/mol. The first-order valence-corrected chi connectivity index (χ1v) is 5.04. The second-order valence-corrected chi connectivity index (χ2v) is 3.42. The van der Waals surface area contributed by atoms with Crippen LogP contribution in [-0.2, 0) is 9.53 Å². The third-order valence-corrected chi connectivity index (χ3v) is 2.09. The van der Waals surface area contributed by atoms with Crippen molar-refractivity contribution in [2.45, 2.75) is 19.4 Å². The first kappa shape index (κ1) is 11.9. The minimum absolute atomic E-state index is 0.150. The van der Waals surface area contributed by atoms with E-state index >= 15 is 0 Å². The lowest BCUT2D eigenvalue weighted by Gasteiger charge is -2.10. The molecule has 0 saturated carbocycles. The summed E-state index contributed by atoms with van der Waals surface area (Å²) in [6.45, 7) is 2.12. The van der Waals surface area contributed by atoms with Crippen molar-refractivity contribution in [3.05, 3.63) is 29.0 Å². The molecule has 0 radical (unpaired) electrons. The molecule has 0 bridgehead atoms. The van der Waals surface area contributed by atoms with E-state index in [-0.39, 0.29) is 12.4 Å². The van der Waals surface area contributed by atoms with Gasteiger partial charge >= 0.3 is 5.97 Å². The molecule has 1 heterocycles. The predicted octanol–water partition coefficient (Wildman–Crippen LogP) is 1.69. The van der Waals surface area contributed by atoms with Crippen LogP contribution in [0.1, 0.15) is 24.9 Å². The molecular formula is C10H13ClN2O2. The minimum atomic E-state index is -0.395. The summed E-state index contributed by atoms with van der Waals surface area (Å²) >= 11 is 5.63. The number of nitrogens with two attached hydrogens (primary N) is 1. The maximum absolute atomic E-state index is 11.1. The van der Waals surface area contributed by atoms with Gasteiger partial charge in [0.05, 0.1) is 13.0 Å². The zero-order valence-corrected chi connectivity index (χ0v) is 9.20. The molecule has 1 aromatic rings. The molecule has 4 nitrogen and oxygen atoms in total. The molecule has 1 atom stereocenters. The first-order chi connectivity index (χ1) is 7.13. The van der Waals surface area contributed by atoms with Crippen molar-refractivity contribution < 1.29 is 9.53 Å². The van der Waals surface area contributed by atoms with E-state index in [1.807, 2.05) is 0 Å². The molecule has 82 valence electrons. The molecule has 5 heteroatoms. The minimum Gasteiger partial charge on any atom is -0.466 e. The Morgan fingerprint density at radius 3 is 2.93 bits per heavy atom. The Hall–Kier alpha value is -1.13. The van der Waals surface area contributed by atoms with Gasteiger partial charge < -0.3 is 10.5 Å². The molecule has 0 saturated heterocycles. The number of hydrogen-bond acceptors (Lipinski definition) is 4. The highest BCUT2D eigenvalue weighted by Crippen LogP contribution is 2.15. The van der Waals surface area contributed by atoms with E-state index in [4.69, 9.17) is 22.1 Å². The third-order valence-electron chi connectivity index (χ3n) is 1.87. The fraction of sp³-hybridized carbons (Fsp3) is 0.400. The van der Waals surface area contributed by atoms with Crippen LogP contribution in [-0.4, -0.2) is 17.6 Å². The van der Waals surface area contributed by atoms with Crippen molar-refractivity contribution in [1.29, 1.82) is 0 Å². The van der Waals surface area contributed by atoms with Gasteiger partial charge in [-0.25, -0.2) is 4.98 Å². The summed E-state index contributed by atoms with van der Waals surface area (Å²) in [6.07, 6.45) is 1.71. The first-order valence-electron chi connectivity index (χ1n) is 4.66. The molecule has 1 rings (SSSR count). The number of ether oxygens (including phenoxy) is 1. The van der Waals surface area contributed by atoms with E-state index in [1.54, 1.807) is 25.3 Å². The smallest absolute Gasteiger partial charge is 0.307 e. The summed E-state index contributed by atoms with van der Waals surface area (Å²) in [5, 5.41) is 0.405. The van der Waals surface area contributed by atoms with Gasteiger partial charge in [0.25, 0.3) is 0 Å². The monoisotopic (exact) mass is 228 g/mol. The standard InChI is InChI=1S/C10H13ClN2O2/c1-2-15-10(14)5-8(12)7-3-4-9(11)13-6-7/h3-4,6,8H,2,5,12H2,1H3/t8-/m0/s1. The molecule has 1 aromatic heterocycles. The SMILES string of the molecule is CCOC(=O)C[C@H](N)c1ccc(Cl)nc1. The quantitative estimate of drug-likeness (QED) is 0.629. The number of halogens is 1. The largest absolute Gasteiger partial charge is 0.466 e. The van der Waals surface area contributed by atoms with Gasteiger partial charge in [0, 0.05) is 12.2 Å². The Morgan fingerprint density at radius 2 is 2.40 bits per heavy atom. The predicted molar refractivity (Wildman–Crippen MR) is 57.4 cm³/mol. The van der Waals surface area contributed by atoms with Crippen LogP contribution in [0.25, 0.3) is 0 Å². The van der Waals surface area contributed by atoms with Crippen LogP contribution in [0.15, 0.2) is 18.3 Å². The van der Waals surface area contributed by atoms with Crippen molar-refractivity contribution in [3.8, 4) is 0 Å². The third kappa shape index (κ3) is 3.85. The lowest BCUT2D eigenvalue weighted by atomic mass is 10.1. The van der Waals surface area contributed by atoms with Crippen molar-refractivity contribution in [1.82, 2.24) is 4.98 Å². The highest BCUT2D eigenvalue weighted by Gasteiger charge is 2.12. The number of pyridine rings is 1. The van der Waals surface area contributed by atoms with E-state index in [1.165, 1.54) is 0 Å². The Balaban J connectivity index is 2.57. The molecule has 0 aliphatic rings. The van der Waals surface area contributed by atoms with Gasteiger partial charge in [-0.2, -0.15) is 0 Å². The fourth-order valence-electron chi connectivity index (χ4n) is 1.12. The highest BCUT2D eigenvalue weighted by molar-refractivity contribution is 6.29. The molecule has 0 aliphatic carbocycles. The maximum Gasteiger partial charge on any atom is 0.307 e.